The van der Waals surface area contributed by atoms with Crippen LogP contribution in [-0.2, 0) is 5.41 Å². The van der Waals surface area contributed by atoms with E-state index in [1.165, 1.54) is 5.56 Å². The zero-order valence-electron chi connectivity index (χ0n) is 13.5. The second-order valence-corrected chi connectivity index (χ2v) is 6.02. The van der Waals surface area contributed by atoms with Gasteiger partial charge in [-0.2, -0.15) is 0 Å². The van der Waals surface area contributed by atoms with Gasteiger partial charge in [0, 0.05) is 0 Å². The van der Waals surface area contributed by atoms with E-state index in [0.717, 1.165) is 17.1 Å². The molecule has 1 heteroatoms. The first-order valence-corrected chi connectivity index (χ1v) is 7.10. The second kappa shape index (κ2) is 7.14. The molecule has 1 rings (SSSR count). The van der Waals surface area contributed by atoms with Crippen molar-refractivity contribution in [3.8, 4) is 5.75 Å². The largest absolute Gasteiger partial charge is 0.462 e. The first-order valence-electron chi connectivity index (χ1n) is 7.10. The highest BCUT2D eigenvalue weighted by Crippen LogP contribution is 2.29. The lowest BCUT2D eigenvalue weighted by atomic mass is 9.86. The summed E-state index contributed by atoms with van der Waals surface area (Å²) in [4.78, 5) is 0. The molecule has 0 unspecified atom stereocenters. The molecule has 0 aliphatic rings. The van der Waals surface area contributed by atoms with Gasteiger partial charge in [-0.15, -0.1) is 0 Å². The lowest BCUT2D eigenvalue weighted by molar-refractivity contribution is 0.422. The van der Waals surface area contributed by atoms with Gasteiger partial charge >= 0.3 is 0 Å². The molecule has 1 aromatic carbocycles. The van der Waals surface area contributed by atoms with Gasteiger partial charge in [-0.1, -0.05) is 57.2 Å². The van der Waals surface area contributed by atoms with Gasteiger partial charge in [0.1, 0.15) is 11.5 Å². The fraction of sp³-hybridized carbons (Fsp3) is 0.368. The molecule has 0 saturated heterocycles. The molecule has 1 aromatic rings. The molecule has 108 valence electrons. The van der Waals surface area contributed by atoms with Gasteiger partial charge in [-0.3, -0.25) is 0 Å². The second-order valence-electron chi connectivity index (χ2n) is 6.02. The maximum atomic E-state index is 5.95. The molecule has 0 saturated carbocycles. The fourth-order valence-corrected chi connectivity index (χ4v) is 1.75. The van der Waals surface area contributed by atoms with Crippen LogP contribution < -0.4 is 4.74 Å². The quantitative estimate of drug-likeness (QED) is 0.503. The number of hydrogen-bond donors (Lipinski definition) is 0. The van der Waals surface area contributed by atoms with Crippen LogP contribution in [0.25, 0.3) is 0 Å². The summed E-state index contributed by atoms with van der Waals surface area (Å²) in [5.74, 6) is 1.82. The highest BCUT2D eigenvalue weighted by atomic mass is 16.5. The average Bonchev–Trinajstić information content (AvgIpc) is 2.36. The normalized spacial score (nSPS) is 13.4. The number of benzene rings is 1. The molecular weight excluding hydrogens is 244 g/mol. The Morgan fingerprint density at radius 2 is 1.80 bits per heavy atom. The fourth-order valence-electron chi connectivity index (χ4n) is 1.75. The Morgan fingerprint density at radius 1 is 1.10 bits per heavy atom. The molecule has 0 aliphatic heterocycles. The predicted octanol–water partition coefficient (Wildman–Crippen LogP) is 5.71. The molecule has 0 atom stereocenters. The van der Waals surface area contributed by atoms with Gasteiger partial charge in [-0.05, 0) is 49.5 Å². The minimum Gasteiger partial charge on any atom is -0.462 e. The van der Waals surface area contributed by atoms with Crippen LogP contribution in [0.3, 0.4) is 0 Å². The molecule has 0 bridgehead atoms. The molecule has 0 aliphatic carbocycles. The number of hydrogen-bond acceptors (Lipinski definition) is 1. The van der Waals surface area contributed by atoms with Gasteiger partial charge in [-0.25, -0.2) is 0 Å². The van der Waals surface area contributed by atoms with Crippen molar-refractivity contribution in [1.29, 1.82) is 0 Å². The van der Waals surface area contributed by atoms with E-state index in [-0.39, 0.29) is 5.41 Å². The van der Waals surface area contributed by atoms with Crippen molar-refractivity contribution < 1.29 is 4.74 Å². The third kappa shape index (κ3) is 5.08. The van der Waals surface area contributed by atoms with Gasteiger partial charge in [0.25, 0.3) is 0 Å². The van der Waals surface area contributed by atoms with Gasteiger partial charge in [0.2, 0.25) is 0 Å². The summed E-state index contributed by atoms with van der Waals surface area (Å²) in [5.41, 5.74) is 2.58. The first-order chi connectivity index (χ1) is 9.34. The van der Waals surface area contributed by atoms with Crippen molar-refractivity contribution in [2.24, 2.45) is 0 Å². The minimum atomic E-state index is 0.134. The maximum absolute atomic E-state index is 5.95. The third-order valence-electron chi connectivity index (χ3n) is 3.07. The summed E-state index contributed by atoms with van der Waals surface area (Å²) < 4.78 is 5.95. The molecule has 0 N–H and O–H groups in total. The summed E-state index contributed by atoms with van der Waals surface area (Å²) >= 11 is 0. The molecule has 0 fully saturated rings. The number of rotatable bonds is 4. The number of ether oxygens (including phenoxy) is 1. The topological polar surface area (TPSA) is 9.23 Å². The van der Waals surface area contributed by atoms with Crippen LogP contribution in [0.2, 0.25) is 0 Å². The predicted molar refractivity (Wildman–Crippen MR) is 88.2 cm³/mol. The highest BCUT2D eigenvalue weighted by Gasteiger charge is 2.15. The van der Waals surface area contributed by atoms with Crippen LogP contribution in [0, 0.1) is 6.92 Å². The average molecular weight is 270 g/mol. The van der Waals surface area contributed by atoms with Crippen LogP contribution in [0.4, 0.5) is 0 Å². The standard InChI is InChI=1S/C19H26O/c1-7-8-9-10-11-16(3)20-18-14-17(19(4,5)6)13-12-15(18)2/h7-14H,1-6H3/b8-7+,10-9-,16-11+. The zero-order chi connectivity index (χ0) is 15.2. The van der Waals surface area contributed by atoms with E-state index in [0.29, 0.717) is 0 Å². The SMILES string of the molecule is C/C=C/C=C\C=C(/C)Oc1cc(C(C)(C)C)ccc1C. The van der Waals surface area contributed by atoms with E-state index >= 15 is 0 Å². The van der Waals surface area contributed by atoms with Gasteiger partial charge in [0.15, 0.2) is 0 Å². The summed E-state index contributed by atoms with van der Waals surface area (Å²) in [6, 6.07) is 6.44. The molecule has 0 amide bonds. The van der Waals surface area contributed by atoms with E-state index in [4.69, 9.17) is 4.74 Å². The summed E-state index contributed by atoms with van der Waals surface area (Å²) in [7, 11) is 0. The van der Waals surface area contributed by atoms with Crippen LogP contribution in [0.5, 0.6) is 5.75 Å². The lowest BCUT2D eigenvalue weighted by Gasteiger charge is -2.21. The molecule has 0 radical (unpaired) electrons. The Balaban J connectivity index is 2.92. The highest BCUT2D eigenvalue weighted by molar-refractivity contribution is 5.40. The van der Waals surface area contributed by atoms with E-state index < -0.39 is 0 Å². The Bertz CT molecular complexity index is 525. The van der Waals surface area contributed by atoms with Crippen molar-refractivity contribution in [2.75, 3.05) is 0 Å². The lowest BCUT2D eigenvalue weighted by Crippen LogP contribution is -2.11. The number of allylic oxidation sites excluding steroid dienone is 6. The van der Waals surface area contributed by atoms with Gasteiger partial charge in [0.05, 0.1) is 0 Å². The van der Waals surface area contributed by atoms with E-state index in [2.05, 4.69) is 45.9 Å². The van der Waals surface area contributed by atoms with Crippen LogP contribution >= 0.6 is 0 Å². The molecule has 20 heavy (non-hydrogen) atoms. The maximum Gasteiger partial charge on any atom is 0.130 e. The van der Waals surface area contributed by atoms with Crippen molar-refractivity contribution in [3.05, 3.63) is 65.5 Å². The minimum absolute atomic E-state index is 0.134. The van der Waals surface area contributed by atoms with Crippen LogP contribution in [-0.4, -0.2) is 0 Å². The van der Waals surface area contributed by atoms with E-state index in [9.17, 15) is 0 Å². The van der Waals surface area contributed by atoms with Crippen molar-refractivity contribution >= 4 is 0 Å². The monoisotopic (exact) mass is 270 g/mol. The molecule has 1 nitrogen and oxygen atoms in total. The van der Waals surface area contributed by atoms with E-state index in [1.807, 2.05) is 44.2 Å². The Morgan fingerprint density at radius 3 is 2.40 bits per heavy atom. The van der Waals surface area contributed by atoms with Crippen molar-refractivity contribution in [2.45, 2.75) is 47.0 Å². The Kier molecular flexibility index (Phi) is 5.82. The van der Waals surface area contributed by atoms with Crippen LogP contribution in [0.1, 0.15) is 45.7 Å². The van der Waals surface area contributed by atoms with Gasteiger partial charge < -0.3 is 4.74 Å². The summed E-state index contributed by atoms with van der Waals surface area (Å²) in [5, 5.41) is 0. The smallest absolute Gasteiger partial charge is 0.130 e. The van der Waals surface area contributed by atoms with Crippen molar-refractivity contribution in [3.63, 3.8) is 0 Å². The zero-order valence-corrected chi connectivity index (χ0v) is 13.5. The number of aryl methyl sites for hydroxylation is 1. The summed E-state index contributed by atoms with van der Waals surface area (Å²) in [6.45, 7) is 12.7. The molecule has 0 aromatic heterocycles. The van der Waals surface area contributed by atoms with Crippen LogP contribution in [0.15, 0.2) is 54.3 Å². The molecular formula is C19H26O. The molecule has 0 spiro atoms. The Hall–Kier alpha value is -1.76. The Labute approximate surface area is 123 Å². The third-order valence-corrected chi connectivity index (χ3v) is 3.07. The first kappa shape index (κ1) is 16.3. The summed E-state index contributed by atoms with van der Waals surface area (Å²) in [6.07, 6.45) is 9.94. The molecule has 0 heterocycles. The van der Waals surface area contributed by atoms with E-state index in [1.54, 1.807) is 0 Å². The van der Waals surface area contributed by atoms with Crippen molar-refractivity contribution in [1.82, 2.24) is 0 Å².